The van der Waals surface area contributed by atoms with Crippen LogP contribution in [-0.4, -0.2) is 71.1 Å². The highest BCUT2D eigenvalue weighted by atomic mass is 35.5. The first-order valence-electron chi connectivity index (χ1n) is 20.4. The molecule has 0 saturated heterocycles. The van der Waals surface area contributed by atoms with E-state index in [9.17, 15) is 24.6 Å². The SMILES string of the molecule is COc1cc2c(cc1OCCCCC(=O)N1C[C@@H](CCl)c3c1cc(O)c1cccc(C)c31)CC/C=C\[C@@H]1CC(c3ccc(NC(=O)C(O)CC4CC4)cc3)=CN1C2=O. The van der Waals surface area contributed by atoms with Crippen molar-refractivity contribution in [3.63, 3.8) is 0 Å². The monoisotopic (exact) mass is 803 g/mol. The highest BCUT2D eigenvalue weighted by Crippen LogP contribution is 2.46. The number of allylic oxidation sites excluding steroid dienone is 1. The summed E-state index contributed by atoms with van der Waals surface area (Å²) in [7, 11) is 1.56. The van der Waals surface area contributed by atoms with Gasteiger partial charge in [0.1, 0.15) is 11.9 Å². The number of anilines is 2. The number of hydrogen-bond donors (Lipinski definition) is 3. The lowest BCUT2D eigenvalue weighted by Gasteiger charge is -2.22. The molecule has 4 aromatic rings. The van der Waals surface area contributed by atoms with Gasteiger partial charge in [0.25, 0.3) is 11.8 Å². The Kier molecular flexibility index (Phi) is 11.5. The normalized spacial score (nSPS) is 19.7. The van der Waals surface area contributed by atoms with Crippen molar-refractivity contribution < 1.29 is 34.1 Å². The number of amides is 3. The Labute approximate surface area is 344 Å². The van der Waals surface area contributed by atoms with Crippen LogP contribution >= 0.6 is 11.6 Å². The molecule has 58 heavy (non-hydrogen) atoms. The molecule has 3 heterocycles. The van der Waals surface area contributed by atoms with Gasteiger partial charge in [-0.05, 0) is 109 Å². The lowest BCUT2D eigenvalue weighted by Crippen LogP contribution is -2.31. The van der Waals surface area contributed by atoms with Gasteiger partial charge < -0.3 is 34.8 Å². The fourth-order valence-corrected chi connectivity index (χ4v) is 8.89. The molecule has 0 radical (unpaired) electrons. The molecular weight excluding hydrogens is 754 g/mol. The third-order valence-corrected chi connectivity index (χ3v) is 12.3. The van der Waals surface area contributed by atoms with E-state index >= 15 is 0 Å². The summed E-state index contributed by atoms with van der Waals surface area (Å²) in [5, 5.41) is 25.6. The molecule has 4 aromatic carbocycles. The number of aliphatic hydroxyl groups excluding tert-OH is 1. The average Bonchev–Trinajstić information content (AvgIpc) is 3.80. The molecule has 3 amide bonds. The Morgan fingerprint density at radius 1 is 1.05 bits per heavy atom. The number of ether oxygens (including phenoxy) is 2. The summed E-state index contributed by atoms with van der Waals surface area (Å²) in [5.41, 5.74) is 6.84. The second-order valence-electron chi connectivity index (χ2n) is 16.0. The number of aliphatic hydroxyl groups is 1. The van der Waals surface area contributed by atoms with Crippen LogP contribution in [-0.2, 0) is 16.0 Å². The van der Waals surface area contributed by atoms with Crippen LogP contribution < -0.4 is 19.7 Å². The molecule has 0 spiro atoms. The lowest BCUT2D eigenvalue weighted by molar-refractivity contribution is -0.124. The van der Waals surface area contributed by atoms with Crippen molar-refractivity contribution in [1.82, 2.24) is 4.90 Å². The smallest absolute Gasteiger partial charge is 0.258 e. The van der Waals surface area contributed by atoms with Crippen molar-refractivity contribution in [2.75, 3.05) is 36.4 Å². The zero-order valence-corrected chi connectivity index (χ0v) is 33.8. The molecule has 0 aromatic heterocycles. The van der Waals surface area contributed by atoms with Crippen LogP contribution in [0.3, 0.4) is 0 Å². The van der Waals surface area contributed by atoms with Gasteiger partial charge in [-0.1, -0.05) is 55.3 Å². The van der Waals surface area contributed by atoms with Crippen LogP contribution in [0.1, 0.15) is 89.9 Å². The summed E-state index contributed by atoms with van der Waals surface area (Å²) in [6.45, 7) is 2.87. The number of unbranched alkanes of at least 4 members (excludes halogenated alkanes) is 1. The summed E-state index contributed by atoms with van der Waals surface area (Å²) in [4.78, 5) is 43.8. The van der Waals surface area contributed by atoms with E-state index < -0.39 is 6.10 Å². The van der Waals surface area contributed by atoms with Gasteiger partial charge in [-0.3, -0.25) is 14.4 Å². The minimum Gasteiger partial charge on any atom is -0.507 e. The Balaban J connectivity index is 0.901. The lowest BCUT2D eigenvalue weighted by atomic mass is 9.92. The summed E-state index contributed by atoms with van der Waals surface area (Å²) < 4.78 is 12.0. The number of nitrogens with one attached hydrogen (secondary N) is 1. The van der Waals surface area contributed by atoms with Gasteiger partial charge in [0.2, 0.25) is 5.91 Å². The average molecular weight is 804 g/mol. The van der Waals surface area contributed by atoms with Crippen LogP contribution in [0.15, 0.2) is 79.0 Å². The number of aryl methyl sites for hydroxylation is 2. The van der Waals surface area contributed by atoms with Gasteiger partial charge in [0, 0.05) is 53.7 Å². The number of phenols is 1. The van der Waals surface area contributed by atoms with Gasteiger partial charge in [-0.2, -0.15) is 0 Å². The van der Waals surface area contributed by atoms with Gasteiger partial charge in [-0.25, -0.2) is 0 Å². The van der Waals surface area contributed by atoms with Crippen LogP contribution in [0, 0.1) is 12.8 Å². The molecule has 4 aliphatic rings. The number of rotatable bonds is 13. The van der Waals surface area contributed by atoms with E-state index in [1.54, 1.807) is 29.0 Å². The minimum atomic E-state index is -1.00. The fraction of sp³-hybridized carbons (Fsp3) is 0.383. The summed E-state index contributed by atoms with van der Waals surface area (Å²) >= 11 is 6.42. The van der Waals surface area contributed by atoms with Crippen molar-refractivity contribution in [3.05, 3.63) is 107 Å². The number of hydrogen-bond acceptors (Lipinski definition) is 7. The Bertz CT molecular complexity index is 2300. The third-order valence-electron chi connectivity index (χ3n) is 12.0. The zero-order chi connectivity index (χ0) is 40.5. The second kappa shape index (κ2) is 16.9. The molecule has 8 rings (SSSR count). The molecule has 302 valence electrons. The predicted octanol–water partition coefficient (Wildman–Crippen LogP) is 8.64. The summed E-state index contributed by atoms with van der Waals surface area (Å²) in [5.74, 6) is 1.48. The van der Waals surface area contributed by atoms with E-state index in [-0.39, 0.29) is 35.4 Å². The fourth-order valence-electron chi connectivity index (χ4n) is 8.64. The van der Waals surface area contributed by atoms with Gasteiger partial charge in [-0.15, -0.1) is 11.6 Å². The van der Waals surface area contributed by atoms with E-state index in [4.69, 9.17) is 21.1 Å². The summed E-state index contributed by atoms with van der Waals surface area (Å²) in [6, 6.07) is 18.6. The van der Waals surface area contributed by atoms with E-state index in [0.29, 0.717) is 86.2 Å². The maximum absolute atomic E-state index is 14.2. The standard InChI is InChI=1S/C47H50ClN3O7/c1-28-8-7-11-36-39(52)24-38-45(44(28)36)33(25-48)27-51(38)43(54)12-5-6-19-58-42-22-31-9-3-4-10-35-21-32(26-50(35)47(56)37(31)23-41(42)57-2)30-15-17-34(18-16-30)49-46(55)40(53)20-29-13-14-29/h4,7-8,10-11,15-18,22-24,26,29,33,35,40,52-53H,3,5-6,9,12-14,19-21,25,27H2,1-2H3,(H,49,55)/b10-4-/t33-,35-,40?/m1/s1. The van der Waals surface area contributed by atoms with Crippen LogP contribution in [0.4, 0.5) is 11.4 Å². The van der Waals surface area contributed by atoms with Crippen LogP contribution in [0.5, 0.6) is 17.2 Å². The first kappa shape index (κ1) is 39.5. The minimum absolute atomic E-state index is 0.0134. The molecule has 1 unspecified atom stereocenters. The topological polar surface area (TPSA) is 129 Å². The van der Waals surface area contributed by atoms with Gasteiger partial charge >= 0.3 is 0 Å². The van der Waals surface area contributed by atoms with E-state index in [2.05, 4.69) is 17.5 Å². The number of carbonyl (C=O) groups excluding carboxylic acids is 3. The Morgan fingerprint density at radius 2 is 1.86 bits per heavy atom. The van der Waals surface area contributed by atoms with Crippen molar-refractivity contribution in [3.8, 4) is 17.2 Å². The van der Waals surface area contributed by atoms with Crippen molar-refractivity contribution >= 4 is 57.0 Å². The number of phenolic OH excluding ortho intramolecular Hbond substituents is 1. The van der Waals surface area contributed by atoms with Gasteiger partial charge in [0.15, 0.2) is 11.5 Å². The van der Waals surface area contributed by atoms with E-state index in [1.807, 2.05) is 61.7 Å². The molecule has 3 aliphatic heterocycles. The largest absolute Gasteiger partial charge is 0.507 e. The number of halogens is 1. The van der Waals surface area contributed by atoms with Crippen molar-refractivity contribution in [2.45, 2.75) is 82.8 Å². The molecule has 3 atom stereocenters. The zero-order valence-electron chi connectivity index (χ0n) is 33.0. The van der Waals surface area contributed by atoms with Crippen molar-refractivity contribution in [1.29, 1.82) is 0 Å². The highest BCUT2D eigenvalue weighted by Gasteiger charge is 2.35. The number of alkyl halides is 1. The molecule has 1 saturated carbocycles. The van der Waals surface area contributed by atoms with Crippen molar-refractivity contribution in [2.24, 2.45) is 5.92 Å². The number of fused-ring (bicyclic) bond motifs is 5. The maximum Gasteiger partial charge on any atom is 0.258 e. The molecule has 0 bridgehead atoms. The molecule has 11 heteroatoms. The molecular formula is C47H50ClN3O7. The number of carbonyl (C=O) groups is 3. The molecule has 1 fully saturated rings. The van der Waals surface area contributed by atoms with Gasteiger partial charge in [0.05, 0.1) is 25.4 Å². The van der Waals surface area contributed by atoms with Crippen LogP contribution in [0.25, 0.3) is 16.3 Å². The number of benzene rings is 4. The van der Waals surface area contributed by atoms with Crippen LogP contribution in [0.2, 0.25) is 0 Å². The quantitative estimate of drug-likeness (QED) is 0.0702. The third kappa shape index (κ3) is 8.05. The Morgan fingerprint density at radius 3 is 2.62 bits per heavy atom. The predicted molar refractivity (Wildman–Crippen MR) is 227 cm³/mol. The number of methoxy groups -OCH3 is 1. The number of aromatic hydroxyl groups is 1. The summed E-state index contributed by atoms with van der Waals surface area (Å²) in [6.07, 6.45) is 11.4. The number of nitrogens with zero attached hydrogens (tertiary/aromatic N) is 2. The van der Waals surface area contributed by atoms with E-state index in [1.165, 1.54) is 0 Å². The molecule has 1 aliphatic carbocycles. The first-order valence-corrected chi connectivity index (χ1v) is 20.9. The second-order valence-corrected chi connectivity index (χ2v) is 16.3. The highest BCUT2D eigenvalue weighted by molar-refractivity contribution is 6.19. The Hall–Kier alpha value is -5.32. The molecule has 10 nitrogen and oxygen atoms in total. The maximum atomic E-state index is 14.2. The first-order chi connectivity index (χ1) is 28.1. The molecule has 3 N–H and O–H groups in total. The van der Waals surface area contributed by atoms with E-state index in [0.717, 1.165) is 63.5 Å².